The van der Waals surface area contributed by atoms with E-state index in [0.717, 1.165) is 48.8 Å². The summed E-state index contributed by atoms with van der Waals surface area (Å²) in [5.74, 6) is 0.936. The average molecular weight is 578 g/mol. The predicted molar refractivity (Wildman–Crippen MR) is 156 cm³/mol. The molecular formula is C31H39N5O6. The number of nitrogens with zero attached hydrogens (tertiary/aromatic N) is 3. The van der Waals surface area contributed by atoms with E-state index in [1.54, 1.807) is 6.07 Å². The third-order valence-electron chi connectivity index (χ3n) is 7.81. The number of aromatic nitrogens is 2. The summed E-state index contributed by atoms with van der Waals surface area (Å²) in [7, 11) is 0. The molecule has 1 aliphatic heterocycles. The molecule has 3 aromatic rings. The van der Waals surface area contributed by atoms with E-state index in [2.05, 4.69) is 20.8 Å². The highest BCUT2D eigenvalue weighted by molar-refractivity contribution is 5.97. The smallest absolute Gasteiger partial charge is 0.262 e. The van der Waals surface area contributed by atoms with E-state index in [1.807, 2.05) is 35.2 Å². The molecule has 11 heteroatoms. The molecule has 2 amide bonds. The summed E-state index contributed by atoms with van der Waals surface area (Å²) >= 11 is 0. The lowest BCUT2D eigenvalue weighted by Crippen LogP contribution is -2.45. The number of ether oxygens (including phenoxy) is 2. The average Bonchev–Trinajstić information content (AvgIpc) is 3.56. The molecule has 2 aromatic carbocycles. The van der Waals surface area contributed by atoms with E-state index in [4.69, 9.17) is 14.0 Å². The maximum atomic E-state index is 13.3. The molecule has 5 rings (SSSR count). The van der Waals surface area contributed by atoms with Gasteiger partial charge in [0.1, 0.15) is 11.4 Å². The van der Waals surface area contributed by atoms with Crippen molar-refractivity contribution in [2.24, 2.45) is 0 Å². The Morgan fingerprint density at radius 2 is 2.00 bits per heavy atom. The van der Waals surface area contributed by atoms with Crippen molar-refractivity contribution in [2.45, 2.75) is 57.4 Å². The van der Waals surface area contributed by atoms with Gasteiger partial charge in [-0.15, -0.1) is 0 Å². The minimum Gasteiger partial charge on any atom is -0.506 e. The molecular weight excluding hydrogens is 538 g/mol. The van der Waals surface area contributed by atoms with Crippen molar-refractivity contribution in [1.82, 2.24) is 20.4 Å². The summed E-state index contributed by atoms with van der Waals surface area (Å²) in [5.41, 5.74) is 3.26. The largest absolute Gasteiger partial charge is 0.506 e. The Morgan fingerprint density at radius 3 is 2.83 bits per heavy atom. The van der Waals surface area contributed by atoms with Crippen molar-refractivity contribution in [3.63, 3.8) is 0 Å². The van der Waals surface area contributed by atoms with Gasteiger partial charge in [-0.1, -0.05) is 48.7 Å². The number of phenols is 1. The Morgan fingerprint density at radius 1 is 1.12 bits per heavy atom. The number of benzene rings is 2. The predicted octanol–water partition coefficient (Wildman–Crippen LogP) is 3.72. The van der Waals surface area contributed by atoms with Gasteiger partial charge in [0, 0.05) is 24.7 Å². The van der Waals surface area contributed by atoms with Crippen LogP contribution in [-0.2, 0) is 27.2 Å². The van der Waals surface area contributed by atoms with Crippen LogP contribution in [0.25, 0.3) is 11.4 Å². The summed E-state index contributed by atoms with van der Waals surface area (Å²) in [6.45, 7) is 2.86. The number of carbonyl (C=O) groups is 2. The van der Waals surface area contributed by atoms with E-state index < -0.39 is 0 Å². The van der Waals surface area contributed by atoms with Crippen LogP contribution < -0.4 is 15.4 Å². The van der Waals surface area contributed by atoms with Crippen LogP contribution in [0, 0.1) is 0 Å². The van der Waals surface area contributed by atoms with E-state index in [0.29, 0.717) is 63.0 Å². The van der Waals surface area contributed by atoms with Crippen molar-refractivity contribution in [3.8, 4) is 22.9 Å². The molecule has 2 heterocycles. The van der Waals surface area contributed by atoms with Crippen molar-refractivity contribution in [1.29, 1.82) is 0 Å². The standard InChI is InChI=1S/C31H39N5O6/c37-26-10-9-23(30-29(26)34-27(38)20-41-30)11-14-32-15-16-36(25-7-2-1-3-8-25)28(39)13-18-40-17-12-22-5-4-6-24(19-22)31-33-21-42-35-31/h4-6,9-10,19,21,25,32,37H,1-3,7-8,11-18,20H2,(H,34,38). The minimum absolute atomic E-state index is 0.00456. The number of phenolic OH excluding ortho intramolecular Hbond substituents is 1. The number of hydrogen-bond acceptors (Lipinski definition) is 9. The number of nitrogens with one attached hydrogen (secondary N) is 2. The summed E-state index contributed by atoms with van der Waals surface area (Å²) in [6, 6.07) is 11.6. The van der Waals surface area contributed by atoms with E-state index >= 15 is 0 Å². The molecule has 2 aliphatic rings. The highest BCUT2D eigenvalue weighted by Crippen LogP contribution is 2.39. The number of hydrogen-bond donors (Lipinski definition) is 3. The normalized spacial score (nSPS) is 15.1. The minimum atomic E-state index is -0.280. The molecule has 0 radical (unpaired) electrons. The number of carbonyl (C=O) groups excluding carboxylic acids is 2. The van der Waals surface area contributed by atoms with Gasteiger partial charge in [0.2, 0.25) is 18.1 Å². The maximum absolute atomic E-state index is 13.3. The molecule has 1 aromatic heterocycles. The molecule has 1 fully saturated rings. The fourth-order valence-electron chi connectivity index (χ4n) is 5.62. The van der Waals surface area contributed by atoms with Crippen LogP contribution in [0.1, 0.15) is 49.7 Å². The third kappa shape index (κ3) is 7.86. The lowest BCUT2D eigenvalue weighted by molar-refractivity contribution is -0.135. The van der Waals surface area contributed by atoms with Crippen LogP contribution in [0.15, 0.2) is 47.3 Å². The van der Waals surface area contributed by atoms with Gasteiger partial charge in [-0.3, -0.25) is 9.59 Å². The first-order valence-electron chi connectivity index (χ1n) is 14.8. The van der Waals surface area contributed by atoms with Crippen LogP contribution in [-0.4, -0.2) is 77.5 Å². The third-order valence-corrected chi connectivity index (χ3v) is 7.81. The van der Waals surface area contributed by atoms with Crippen LogP contribution in [0.4, 0.5) is 5.69 Å². The number of amides is 2. The molecule has 0 atom stereocenters. The number of aromatic hydroxyl groups is 1. The van der Waals surface area contributed by atoms with Gasteiger partial charge in [0.05, 0.1) is 19.6 Å². The first kappa shape index (κ1) is 29.5. The van der Waals surface area contributed by atoms with Crippen LogP contribution >= 0.6 is 0 Å². The van der Waals surface area contributed by atoms with Crippen LogP contribution in [0.3, 0.4) is 0 Å². The molecule has 1 saturated carbocycles. The van der Waals surface area contributed by atoms with Gasteiger partial charge in [0.15, 0.2) is 12.4 Å². The zero-order valence-electron chi connectivity index (χ0n) is 23.8. The summed E-state index contributed by atoms with van der Waals surface area (Å²) in [5, 5.41) is 20.1. The second kappa shape index (κ2) is 14.8. The number of fused-ring (bicyclic) bond motifs is 1. The number of anilines is 1. The van der Waals surface area contributed by atoms with Crippen molar-refractivity contribution < 1.29 is 28.7 Å². The van der Waals surface area contributed by atoms with Gasteiger partial charge in [-0.25, -0.2) is 0 Å². The Hall–Kier alpha value is -3.96. The van der Waals surface area contributed by atoms with E-state index in [-0.39, 0.29) is 30.2 Å². The topological polar surface area (TPSA) is 139 Å². The van der Waals surface area contributed by atoms with Crippen molar-refractivity contribution in [2.75, 3.05) is 44.8 Å². The van der Waals surface area contributed by atoms with Gasteiger partial charge in [0.25, 0.3) is 5.91 Å². The molecule has 11 nitrogen and oxygen atoms in total. The molecule has 0 saturated heterocycles. The Balaban J connectivity index is 1.05. The van der Waals surface area contributed by atoms with Gasteiger partial charge in [-0.2, -0.15) is 4.98 Å². The first-order chi connectivity index (χ1) is 20.6. The van der Waals surface area contributed by atoms with Gasteiger partial charge >= 0.3 is 0 Å². The second-order valence-corrected chi connectivity index (χ2v) is 10.7. The van der Waals surface area contributed by atoms with Crippen molar-refractivity contribution >= 4 is 17.5 Å². The molecule has 224 valence electrons. The summed E-state index contributed by atoms with van der Waals surface area (Å²) in [4.78, 5) is 31.1. The van der Waals surface area contributed by atoms with E-state index in [9.17, 15) is 14.7 Å². The lowest BCUT2D eigenvalue weighted by Gasteiger charge is -2.34. The van der Waals surface area contributed by atoms with Crippen LogP contribution in [0.5, 0.6) is 11.5 Å². The zero-order valence-corrected chi connectivity index (χ0v) is 23.8. The summed E-state index contributed by atoms with van der Waals surface area (Å²) < 4.78 is 16.3. The Labute approximate surface area is 245 Å². The zero-order chi connectivity index (χ0) is 29.1. The quantitative estimate of drug-likeness (QED) is 0.193. The molecule has 1 aliphatic carbocycles. The number of rotatable bonds is 14. The van der Waals surface area contributed by atoms with Crippen molar-refractivity contribution in [3.05, 3.63) is 53.9 Å². The second-order valence-electron chi connectivity index (χ2n) is 10.7. The first-order valence-corrected chi connectivity index (χ1v) is 14.8. The molecule has 3 N–H and O–H groups in total. The highest BCUT2D eigenvalue weighted by atomic mass is 16.5. The Kier molecular flexibility index (Phi) is 10.4. The maximum Gasteiger partial charge on any atom is 0.262 e. The molecule has 0 bridgehead atoms. The van der Waals surface area contributed by atoms with E-state index in [1.165, 1.54) is 12.8 Å². The van der Waals surface area contributed by atoms with Crippen LogP contribution in [0.2, 0.25) is 0 Å². The van der Waals surface area contributed by atoms with Gasteiger partial charge in [-0.05, 0) is 55.5 Å². The van der Waals surface area contributed by atoms with Gasteiger partial charge < -0.3 is 34.6 Å². The molecule has 0 unspecified atom stereocenters. The Bertz CT molecular complexity index is 1330. The monoisotopic (exact) mass is 577 g/mol. The fraction of sp³-hybridized carbons (Fsp3) is 0.484. The SMILES string of the molecule is O=C1COc2c(CCNCCN(C(=O)CCOCCc3cccc(-c4ncon4)c3)C3CCCCC3)ccc(O)c2N1. The molecule has 42 heavy (non-hydrogen) atoms. The lowest BCUT2D eigenvalue weighted by atomic mass is 9.94. The summed E-state index contributed by atoms with van der Waals surface area (Å²) in [6.07, 6.45) is 8.72. The highest BCUT2D eigenvalue weighted by Gasteiger charge is 2.25. The fourth-order valence-corrected chi connectivity index (χ4v) is 5.62. The molecule has 0 spiro atoms.